The number of hydrogen-bond acceptors (Lipinski definition) is 2. The molecule has 0 saturated carbocycles. The number of amides is 1. The van der Waals surface area contributed by atoms with Gasteiger partial charge < -0.3 is 10.4 Å². The van der Waals surface area contributed by atoms with E-state index in [2.05, 4.69) is 12.2 Å². The Hall–Kier alpha value is -0.570. The molecule has 0 rings (SSSR count). The van der Waals surface area contributed by atoms with Crippen molar-refractivity contribution < 1.29 is 9.90 Å². The van der Waals surface area contributed by atoms with Gasteiger partial charge in [0.2, 0.25) is 5.91 Å². The van der Waals surface area contributed by atoms with Crippen molar-refractivity contribution in [2.24, 2.45) is 0 Å². The van der Waals surface area contributed by atoms with Gasteiger partial charge in [0, 0.05) is 13.0 Å². The van der Waals surface area contributed by atoms with Gasteiger partial charge in [-0.25, -0.2) is 0 Å². The molecule has 0 aromatic heterocycles. The fourth-order valence-electron chi connectivity index (χ4n) is 1.59. The quantitative estimate of drug-likeness (QED) is 0.566. The summed E-state index contributed by atoms with van der Waals surface area (Å²) in [5.74, 6) is 0.0643. The van der Waals surface area contributed by atoms with Crippen LogP contribution in [-0.4, -0.2) is 23.7 Å². The van der Waals surface area contributed by atoms with Crippen LogP contribution in [0.2, 0.25) is 0 Å². The molecule has 0 unspecified atom stereocenters. The van der Waals surface area contributed by atoms with Crippen LogP contribution in [0.3, 0.4) is 0 Å². The predicted octanol–water partition coefficient (Wildman–Crippen LogP) is 2.62. The van der Waals surface area contributed by atoms with Crippen LogP contribution in [0.1, 0.15) is 65.2 Å². The van der Waals surface area contributed by atoms with Crippen LogP contribution in [0, 0.1) is 0 Å². The second-order valence-corrected chi connectivity index (χ2v) is 4.52. The lowest BCUT2D eigenvalue weighted by atomic mass is 10.1. The highest BCUT2D eigenvalue weighted by Crippen LogP contribution is 2.08. The van der Waals surface area contributed by atoms with E-state index in [-0.39, 0.29) is 5.91 Å². The maximum Gasteiger partial charge on any atom is 0.220 e. The summed E-state index contributed by atoms with van der Waals surface area (Å²) in [7, 11) is 0. The second-order valence-electron chi connectivity index (χ2n) is 4.52. The molecule has 0 aliphatic carbocycles. The third-order valence-corrected chi connectivity index (χ3v) is 2.60. The number of carbonyl (C=O) groups excluding carboxylic acids is 1. The largest absolute Gasteiger partial charge is 0.392 e. The molecule has 0 fully saturated rings. The first-order valence-corrected chi connectivity index (χ1v) is 6.61. The lowest BCUT2D eigenvalue weighted by molar-refractivity contribution is -0.121. The molecule has 0 aliphatic heterocycles. The van der Waals surface area contributed by atoms with Gasteiger partial charge in [0.05, 0.1) is 6.10 Å². The van der Waals surface area contributed by atoms with Crippen molar-refractivity contribution in [2.45, 2.75) is 71.3 Å². The van der Waals surface area contributed by atoms with Crippen LogP contribution in [0.5, 0.6) is 0 Å². The average Bonchev–Trinajstić information content (AvgIpc) is 2.25. The zero-order chi connectivity index (χ0) is 12.2. The molecule has 0 saturated heterocycles. The van der Waals surface area contributed by atoms with Crippen molar-refractivity contribution in [3.63, 3.8) is 0 Å². The van der Waals surface area contributed by atoms with Gasteiger partial charge in [-0.15, -0.1) is 0 Å². The van der Waals surface area contributed by atoms with Gasteiger partial charge in [-0.3, -0.25) is 4.79 Å². The van der Waals surface area contributed by atoms with Crippen LogP contribution in [-0.2, 0) is 4.79 Å². The van der Waals surface area contributed by atoms with Crippen LogP contribution in [0.25, 0.3) is 0 Å². The molecule has 96 valence electrons. The Bertz CT molecular complexity index is 169. The SMILES string of the molecule is CCCCCCCCCC(=O)NC[C@H](C)O. The third kappa shape index (κ3) is 11.5. The highest BCUT2D eigenvalue weighted by molar-refractivity contribution is 5.75. The summed E-state index contributed by atoms with van der Waals surface area (Å²) in [5.41, 5.74) is 0. The van der Waals surface area contributed by atoms with E-state index in [0.29, 0.717) is 13.0 Å². The number of rotatable bonds is 10. The second kappa shape index (κ2) is 10.9. The Kier molecular flexibility index (Phi) is 10.5. The maximum absolute atomic E-state index is 11.3. The molecule has 0 bridgehead atoms. The summed E-state index contributed by atoms with van der Waals surface area (Å²) in [5, 5.41) is 11.7. The van der Waals surface area contributed by atoms with Crippen LogP contribution in [0.4, 0.5) is 0 Å². The monoisotopic (exact) mass is 229 g/mol. The minimum absolute atomic E-state index is 0.0643. The molecule has 3 heteroatoms. The summed E-state index contributed by atoms with van der Waals surface area (Å²) in [4.78, 5) is 11.3. The van der Waals surface area contributed by atoms with Crippen molar-refractivity contribution in [1.29, 1.82) is 0 Å². The molecule has 16 heavy (non-hydrogen) atoms. The predicted molar refractivity (Wildman–Crippen MR) is 67.3 cm³/mol. The number of aliphatic hydroxyl groups is 1. The molecule has 0 aromatic carbocycles. The molecule has 1 amide bonds. The first-order valence-electron chi connectivity index (χ1n) is 6.61. The van der Waals surface area contributed by atoms with Gasteiger partial charge in [-0.1, -0.05) is 45.4 Å². The molecule has 3 nitrogen and oxygen atoms in total. The smallest absolute Gasteiger partial charge is 0.220 e. The van der Waals surface area contributed by atoms with Crippen molar-refractivity contribution in [3.8, 4) is 0 Å². The Labute approximate surface area is 99.6 Å². The van der Waals surface area contributed by atoms with Gasteiger partial charge in [0.25, 0.3) is 0 Å². The summed E-state index contributed by atoms with van der Waals surface area (Å²) < 4.78 is 0. The van der Waals surface area contributed by atoms with Gasteiger partial charge >= 0.3 is 0 Å². The van der Waals surface area contributed by atoms with Crippen molar-refractivity contribution >= 4 is 5.91 Å². The molecule has 0 heterocycles. The number of unbranched alkanes of at least 4 members (excludes halogenated alkanes) is 6. The van der Waals surface area contributed by atoms with Crippen LogP contribution < -0.4 is 5.32 Å². The van der Waals surface area contributed by atoms with E-state index in [9.17, 15) is 4.79 Å². The summed E-state index contributed by atoms with van der Waals surface area (Å²) in [6.07, 6.45) is 8.73. The number of nitrogens with one attached hydrogen (secondary N) is 1. The zero-order valence-electron chi connectivity index (χ0n) is 10.8. The first kappa shape index (κ1) is 15.4. The van der Waals surface area contributed by atoms with Crippen LogP contribution >= 0.6 is 0 Å². The van der Waals surface area contributed by atoms with Crippen LogP contribution in [0.15, 0.2) is 0 Å². The van der Waals surface area contributed by atoms with Crippen molar-refractivity contribution in [2.75, 3.05) is 6.54 Å². The molecule has 0 spiro atoms. The summed E-state index contributed by atoms with van der Waals surface area (Å²) in [6.45, 7) is 4.26. The van der Waals surface area contributed by atoms with E-state index in [1.807, 2.05) is 0 Å². The molecule has 0 aromatic rings. The minimum atomic E-state index is -0.446. The fraction of sp³-hybridized carbons (Fsp3) is 0.923. The summed E-state index contributed by atoms with van der Waals surface area (Å²) in [6, 6.07) is 0. The lowest BCUT2D eigenvalue weighted by Crippen LogP contribution is -2.30. The lowest BCUT2D eigenvalue weighted by Gasteiger charge is -2.06. The maximum atomic E-state index is 11.3. The van der Waals surface area contributed by atoms with E-state index in [1.54, 1.807) is 6.92 Å². The normalized spacial score (nSPS) is 12.4. The Balaban J connectivity index is 3.15. The molecule has 0 aliphatic rings. The van der Waals surface area contributed by atoms with E-state index in [4.69, 9.17) is 5.11 Å². The van der Waals surface area contributed by atoms with Crippen molar-refractivity contribution in [3.05, 3.63) is 0 Å². The van der Waals surface area contributed by atoms with E-state index >= 15 is 0 Å². The van der Waals surface area contributed by atoms with Gasteiger partial charge in [0.1, 0.15) is 0 Å². The van der Waals surface area contributed by atoms with E-state index < -0.39 is 6.10 Å². The third-order valence-electron chi connectivity index (χ3n) is 2.60. The summed E-state index contributed by atoms with van der Waals surface area (Å²) >= 11 is 0. The molecule has 2 N–H and O–H groups in total. The topological polar surface area (TPSA) is 49.3 Å². The Morgan fingerprint density at radius 2 is 1.69 bits per heavy atom. The van der Waals surface area contributed by atoms with Gasteiger partial charge in [0.15, 0.2) is 0 Å². The number of hydrogen-bond donors (Lipinski definition) is 2. The average molecular weight is 229 g/mol. The fourth-order valence-corrected chi connectivity index (χ4v) is 1.59. The molecule has 1 atom stereocenters. The minimum Gasteiger partial charge on any atom is -0.392 e. The highest BCUT2D eigenvalue weighted by Gasteiger charge is 2.02. The Morgan fingerprint density at radius 1 is 1.12 bits per heavy atom. The Morgan fingerprint density at radius 3 is 2.25 bits per heavy atom. The zero-order valence-corrected chi connectivity index (χ0v) is 10.8. The van der Waals surface area contributed by atoms with E-state index in [0.717, 1.165) is 12.8 Å². The molecule has 0 radical (unpaired) electrons. The van der Waals surface area contributed by atoms with Gasteiger partial charge in [-0.2, -0.15) is 0 Å². The molecular formula is C13H27NO2. The highest BCUT2D eigenvalue weighted by atomic mass is 16.3. The van der Waals surface area contributed by atoms with Crippen molar-refractivity contribution in [1.82, 2.24) is 5.32 Å². The van der Waals surface area contributed by atoms with Gasteiger partial charge in [-0.05, 0) is 13.3 Å². The first-order chi connectivity index (χ1) is 7.66. The molecular weight excluding hydrogens is 202 g/mol. The number of carbonyl (C=O) groups is 1. The standard InChI is InChI=1S/C13H27NO2/c1-3-4-5-6-7-8-9-10-13(16)14-11-12(2)15/h12,15H,3-11H2,1-2H3,(H,14,16)/t12-/m0/s1. The number of aliphatic hydroxyl groups excluding tert-OH is 1. The van der Waals surface area contributed by atoms with E-state index in [1.165, 1.54) is 32.1 Å².